The molecule has 1 fully saturated rings. The van der Waals surface area contributed by atoms with Crippen LogP contribution in [0.3, 0.4) is 0 Å². The Balaban J connectivity index is 2.24. The fourth-order valence-corrected chi connectivity index (χ4v) is 1.05. The van der Waals surface area contributed by atoms with Gasteiger partial charge in [-0.05, 0) is 0 Å². The van der Waals surface area contributed by atoms with E-state index in [0.717, 1.165) is 0 Å². The van der Waals surface area contributed by atoms with E-state index >= 15 is 0 Å². The highest BCUT2D eigenvalue weighted by atomic mass is 16.7. The molecule has 0 aliphatic carbocycles. The number of hydrogen-bond donors (Lipinski definition) is 1. The molecule has 0 bridgehead atoms. The summed E-state index contributed by atoms with van der Waals surface area (Å²) in [4.78, 5) is 0. The lowest BCUT2D eigenvalue weighted by atomic mass is 10.1. The molecule has 1 aliphatic rings. The summed E-state index contributed by atoms with van der Waals surface area (Å²) >= 11 is 0. The van der Waals surface area contributed by atoms with Gasteiger partial charge >= 0.3 is 0 Å². The van der Waals surface area contributed by atoms with E-state index in [1.807, 2.05) is 0 Å². The molecule has 3 heteroatoms. The second-order valence-corrected chi connectivity index (χ2v) is 3.33. The van der Waals surface area contributed by atoms with Gasteiger partial charge in [0.05, 0.1) is 19.8 Å². The van der Waals surface area contributed by atoms with Crippen molar-refractivity contribution in [2.24, 2.45) is 11.8 Å². The maximum Gasteiger partial charge on any atom is 0.159 e. The van der Waals surface area contributed by atoms with Crippen LogP contribution in [0.4, 0.5) is 0 Å². The molecule has 0 aromatic carbocycles. The molecule has 0 atom stereocenters. The van der Waals surface area contributed by atoms with Gasteiger partial charge in [-0.25, -0.2) is 0 Å². The van der Waals surface area contributed by atoms with Crippen LogP contribution in [0.15, 0.2) is 0 Å². The van der Waals surface area contributed by atoms with Crippen LogP contribution in [0, 0.1) is 11.8 Å². The van der Waals surface area contributed by atoms with Gasteiger partial charge in [-0.15, -0.1) is 0 Å². The highest BCUT2D eigenvalue weighted by Crippen LogP contribution is 2.16. The van der Waals surface area contributed by atoms with Gasteiger partial charge in [0, 0.05) is 11.8 Å². The summed E-state index contributed by atoms with van der Waals surface area (Å²) in [5, 5.41) is 8.76. The fourth-order valence-electron chi connectivity index (χ4n) is 1.05. The van der Waals surface area contributed by atoms with E-state index < -0.39 is 0 Å². The maximum absolute atomic E-state index is 8.76. The van der Waals surface area contributed by atoms with Gasteiger partial charge in [0.2, 0.25) is 0 Å². The zero-order valence-electron chi connectivity index (χ0n) is 7.12. The van der Waals surface area contributed by atoms with Crippen molar-refractivity contribution >= 4 is 0 Å². The zero-order valence-corrected chi connectivity index (χ0v) is 7.12. The predicted octanol–water partition coefficient (Wildman–Crippen LogP) is 0.624. The minimum absolute atomic E-state index is 0.0715. The van der Waals surface area contributed by atoms with Crippen molar-refractivity contribution in [1.82, 2.24) is 0 Å². The van der Waals surface area contributed by atoms with Gasteiger partial charge in [0.25, 0.3) is 0 Å². The molecule has 66 valence electrons. The Hall–Kier alpha value is -0.120. The number of aliphatic hydroxyl groups is 1. The summed E-state index contributed by atoms with van der Waals surface area (Å²) in [7, 11) is 0. The molecule has 0 saturated carbocycles. The molecule has 11 heavy (non-hydrogen) atoms. The Labute approximate surface area is 67.3 Å². The third kappa shape index (κ3) is 2.43. The fraction of sp³-hybridized carbons (Fsp3) is 1.00. The molecule has 0 aromatic heterocycles. The van der Waals surface area contributed by atoms with E-state index in [9.17, 15) is 0 Å². The molecule has 1 rings (SSSR count). The summed E-state index contributed by atoms with van der Waals surface area (Å²) in [5.74, 6) is 0.569. The van der Waals surface area contributed by atoms with Crippen molar-refractivity contribution in [2.75, 3.05) is 19.8 Å². The van der Waals surface area contributed by atoms with Crippen LogP contribution in [0.2, 0.25) is 0 Å². The number of aliphatic hydroxyl groups excluding tert-OH is 1. The SMILES string of the molecule is CC(C)C1OCC(CO)CO1. The van der Waals surface area contributed by atoms with Gasteiger partial charge in [-0.1, -0.05) is 13.8 Å². The first kappa shape index (κ1) is 8.97. The second-order valence-electron chi connectivity index (χ2n) is 3.33. The van der Waals surface area contributed by atoms with E-state index in [-0.39, 0.29) is 18.8 Å². The lowest BCUT2D eigenvalue weighted by Crippen LogP contribution is -2.36. The Morgan fingerprint density at radius 2 is 1.91 bits per heavy atom. The Morgan fingerprint density at radius 3 is 2.27 bits per heavy atom. The van der Waals surface area contributed by atoms with E-state index in [2.05, 4.69) is 13.8 Å². The minimum atomic E-state index is -0.0715. The standard InChI is InChI=1S/C8H16O3/c1-6(2)8-10-4-7(3-9)5-11-8/h6-9H,3-5H2,1-2H3. The Morgan fingerprint density at radius 1 is 1.36 bits per heavy atom. The third-order valence-corrected chi connectivity index (χ3v) is 1.79. The summed E-state index contributed by atoms with van der Waals surface area (Å²) in [6, 6.07) is 0. The van der Waals surface area contributed by atoms with E-state index in [0.29, 0.717) is 19.1 Å². The lowest BCUT2D eigenvalue weighted by Gasteiger charge is -2.30. The Kier molecular flexibility index (Phi) is 3.30. The molecular weight excluding hydrogens is 144 g/mol. The molecule has 0 aromatic rings. The molecule has 0 radical (unpaired) electrons. The minimum Gasteiger partial charge on any atom is -0.396 e. The number of hydrogen-bond acceptors (Lipinski definition) is 3. The van der Waals surface area contributed by atoms with Gasteiger partial charge < -0.3 is 14.6 Å². The monoisotopic (exact) mass is 160 g/mol. The van der Waals surface area contributed by atoms with Crippen LogP contribution in [0.1, 0.15) is 13.8 Å². The smallest absolute Gasteiger partial charge is 0.159 e. The molecule has 1 saturated heterocycles. The van der Waals surface area contributed by atoms with Gasteiger partial charge in [-0.2, -0.15) is 0 Å². The topological polar surface area (TPSA) is 38.7 Å². The molecule has 3 nitrogen and oxygen atoms in total. The summed E-state index contributed by atoms with van der Waals surface area (Å²) in [6.07, 6.45) is -0.0715. The zero-order chi connectivity index (χ0) is 8.27. The number of rotatable bonds is 2. The van der Waals surface area contributed by atoms with Crippen molar-refractivity contribution < 1.29 is 14.6 Å². The molecule has 0 amide bonds. The molecule has 0 unspecified atom stereocenters. The van der Waals surface area contributed by atoms with Crippen molar-refractivity contribution in [3.63, 3.8) is 0 Å². The highest BCUT2D eigenvalue weighted by Gasteiger charge is 2.23. The quantitative estimate of drug-likeness (QED) is 0.643. The van der Waals surface area contributed by atoms with Crippen molar-refractivity contribution in [1.29, 1.82) is 0 Å². The second kappa shape index (κ2) is 4.04. The molecule has 1 aliphatic heterocycles. The maximum atomic E-state index is 8.76. The van der Waals surface area contributed by atoms with Crippen LogP contribution in [0.5, 0.6) is 0 Å². The molecule has 1 heterocycles. The average Bonchev–Trinajstić information content (AvgIpc) is 2.05. The summed E-state index contributed by atoms with van der Waals surface area (Å²) in [6.45, 7) is 5.53. The normalized spacial score (nSPS) is 32.7. The largest absolute Gasteiger partial charge is 0.396 e. The first-order chi connectivity index (χ1) is 5.24. The van der Waals surface area contributed by atoms with Gasteiger partial charge in [-0.3, -0.25) is 0 Å². The van der Waals surface area contributed by atoms with Gasteiger partial charge in [0.1, 0.15) is 0 Å². The van der Waals surface area contributed by atoms with Crippen molar-refractivity contribution in [3.8, 4) is 0 Å². The molecule has 1 N–H and O–H groups in total. The lowest BCUT2D eigenvalue weighted by molar-refractivity contribution is -0.223. The first-order valence-electron chi connectivity index (χ1n) is 4.08. The van der Waals surface area contributed by atoms with E-state index in [4.69, 9.17) is 14.6 Å². The van der Waals surface area contributed by atoms with Crippen molar-refractivity contribution in [2.45, 2.75) is 20.1 Å². The third-order valence-electron chi connectivity index (χ3n) is 1.79. The first-order valence-corrected chi connectivity index (χ1v) is 4.08. The highest BCUT2D eigenvalue weighted by molar-refractivity contribution is 4.63. The number of ether oxygens (including phenoxy) is 2. The summed E-state index contributed by atoms with van der Waals surface area (Å²) in [5.41, 5.74) is 0. The average molecular weight is 160 g/mol. The molecule has 0 spiro atoms. The van der Waals surface area contributed by atoms with Crippen LogP contribution in [-0.2, 0) is 9.47 Å². The van der Waals surface area contributed by atoms with E-state index in [1.165, 1.54) is 0 Å². The van der Waals surface area contributed by atoms with Crippen LogP contribution in [-0.4, -0.2) is 31.2 Å². The Bertz CT molecular complexity index is 106. The van der Waals surface area contributed by atoms with Crippen molar-refractivity contribution in [3.05, 3.63) is 0 Å². The van der Waals surface area contributed by atoms with E-state index in [1.54, 1.807) is 0 Å². The van der Waals surface area contributed by atoms with Crippen LogP contribution < -0.4 is 0 Å². The van der Waals surface area contributed by atoms with Crippen LogP contribution >= 0.6 is 0 Å². The van der Waals surface area contributed by atoms with Gasteiger partial charge in [0.15, 0.2) is 6.29 Å². The predicted molar refractivity (Wildman–Crippen MR) is 41.1 cm³/mol. The summed E-state index contributed by atoms with van der Waals surface area (Å²) < 4.78 is 10.7. The van der Waals surface area contributed by atoms with Crippen LogP contribution in [0.25, 0.3) is 0 Å². The molecular formula is C8H16O3.